The van der Waals surface area contributed by atoms with E-state index in [0.29, 0.717) is 12.5 Å². The van der Waals surface area contributed by atoms with Crippen molar-refractivity contribution in [1.29, 1.82) is 0 Å². The fraction of sp³-hybridized carbons (Fsp3) is 0.565. The number of nitrogens with zero attached hydrogens (tertiary/aromatic N) is 5. The molecule has 3 heterocycles. The van der Waals surface area contributed by atoms with Gasteiger partial charge in [-0.25, -0.2) is 4.68 Å². The van der Waals surface area contributed by atoms with Crippen molar-refractivity contribution in [2.24, 2.45) is 0 Å². The molecule has 5 rings (SSSR count). The highest BCUT2D eigenvalue weighted by Gasteiger charge is 2.30. The highest BCUT2D eigenvalue weighted by atomic mass is 16.2. The molecule has 1 aromatic carbocycles. The Morgan fingerprint density at radius 1 is 1.07 bits per heavy atom. The number of carbonyl (C=O) groups excluding carboxylic acids is 1. The minimum Gasteiger partial charge on any atom is -0.339 e. The highest BCUT2D eigenvalue weighted by molar-refractivity contribution is 5.78. The van der Waals surface area contributed by atoms with Crippen molar-refractivity contribution in [3.05, 3.63) is 47.3 Å². The van der Waals surface area contributed by atoms with Crippen LogP contribution < -0.4 is 0 Å². The van der Waals surface area contributed by atoms with Crippen LogP contribution in [-0.4, -0.2) is 75.7 Å². The summed E-state index contributed by atoms with van der Waals surface area (Å²) in [5.41, 5.74) is 4.87. The first-order valence-electron chi connectivity index (χ1n) is 11.0. The van der Waals surface area contributed by atoms with Gasteiger partial charge in [-0.2, -0.15) is 5.10 Å². The van der Waals surface area contributed by atoms with Crippen LogP contribution in [0.25, 0.3) is 5.69 Å². The van der Waals surface area contributed by atoms with Crippen LogP contribution in [0.5, 0.6) is 0 Å². The van der Waals surface area contributed by atoms with Gasteiger partial charge in [0.05, 0.1) is 17.9 Å². The van der Waals surface area contributed by atoms with Crippen molar-refractivity contribution in [3.63, 3.8) is 0 Å². The van der Waals surface area contributed by atoms with Crippen LogP contribution in [0.4, 0.5) is 0 Å². The summed E-state index contributed by atoms with van der Waals surface area (Å²) in [5.74, 6) is 0.297. The molecule has 1 aliphatic carbocycles. The van der Waals surface area contributed by atoms with Crippen LogP contribution in [-0.2, 0) is 17.8 Å². The van der Waals surface area contributed by atoms with Crippen molar-refractivity contribution in [2.75, 3.05) is 39.3 Å². The van der Waals surface area contributed by atoms with E-state index in [1.165, 1.54) is 30.4 Å². The van der Waals surface area contributed by atoms with Gasteiger partial charge >= 0.3 is 0 Å². The Bertz CT molecular complexity index is 879. The van der Waals surface area contributed by atoms with E-state index in [0.717, 1.165) is 63.1 Å². The minimum atomic E-state index is 0.297. The monoisotopic (exact) mass is 393 g/mol. The van der Waals surface area contributed by atoms with Gasteiger partial charge in [0.15, 0.2) is 0 Å². The predicted molar refractivity (Wildman–Crippen MR) is 113 cm³/mol. The van der Waals surface area contributed by atoms with Crippen molar-refractivity contribution in [2.45, 2.75) is 45.2 Å². The lowest BCUT2D eigenvalue weighted by molar-refractivity contribution is -0.135. The maximum atomic E-state index is 12.8. The number of rotatable bonds is 4. The molecule has 0 N–H and O–H groups in total. The molecule has 2 fully saturated rings. The number of fused-ring (bicyclic) bond motifs is 1. The quantitative estimate of drug-likeness (QED) is 0.799. The molecule has 6 heteroatoms. The summed E-state index contributed by atoms with van der Waals surface area (Å²) in [5, 5.41) is 4.51. The second-order valence-corrected chi connectivity index (χ2v) is 8.82. The molecule has 0 radical (unpaired) electrons. The molecule has 3 aliphatic rings. The second kappa shape index (κ2) is 7.92. The highest BCUT2D eigenvalue weighted by Crippen LogP contribution is 2.26. The second-order valence-electron chi connectivity index (χ2n) is 8.82. The fourth-order valence-corrected chi connectivity index (χ4v) is 4.81. The van der Waals surface area contributed by atoms with Crippen molar-refractivity contribution in [1.82, 2.24) is 24.5 Å². The zero-order chi connectivity index (χ0) is 19.8. The number of carbonyl (C=O) groups is 1. The number of amides is 1. The summed E-state index contributed by atoms with van der Waals surface area (Å²) in [6.45, 7) is 8.26. The van der Waals surface area contributed by atoms with Gasteiger partial charge < -0.3 is 4.90 Å². The third kappa shape index (κ3) is 3.96. The molecule has 0 spiro atoms. The first kappa shape index (κ1) is 18.8. The summed E-state index contributed by atoms with van der Waals surface area (Å²) in [7, 11) is 0. The van der Waals surface area contributed by atoms with Crippen molar-refractivity contribution >= 4 is 5.91 Å². The van der Waals surface area contributed by atoms with E-state index in [1.54, 1.807) is 0 Å². The molecule has 1 saturated carbocycles. The lowest BCUT2D eigenvalue weighted by Gasteiger charge is -2.43. The van der Waals surface area contributed by atoms with Gasteiger partial charge in [-0.1, -0.05) is 12.5 Å². The summed E-state index contributed by atoms with van der Waals surface area (Å²) in [4.78, 5) is 19.8. The van der Waals surface area contributed by atoms with Crippen molar-refractivity contribution in [3.8, 4) is 5.69 Å². The van der Waals surface area contributed by atoms with Gasteiger partial charge in [0.1, 0.15) is 0 Å². The predicted octanol–water partition coefficient (Wildman–Crippen LogP) is 2.24. The third-order valence-corrected chi connectivity index (χ3v) is 6.89. The smallest absolute Gasteiger partial charge is 0.236 e. The van der Waals surface area contributed by atoms with Gasteiger partial charge in [0.25, 0.3) is 0 Å². The molecule has 0 bridgehead atoms. The summed E-state index contributed by atoms with van der Waals surface area (Å²) >= 11 is 0. The van der Waals surface area contributed by atoms with E-state index < -0.39 is 0 Å². The Hall–Kier alpha value is -2.18. The molecule has 29 heavy (non-hydrogen) atoms. The van der Waals surface area contributed by atoms with Crippen LogP contribution in [0.3, 0.4) is 0 Å². The van der Waals surface area contributed by atoms with E-state index in [4.69, 9.17) is 0 Å². The summed E-state index contributed by atoms with van der Waals surface area (Å²) in [6, 6.07) is 9.41. The van der Waals surface area contributed by atoms with Crippen LogP contribution in [0, 0.1) is 6.92 Å². The third-order valence-electron chi connectivity index (χ3n) is 6.89. The summed E-state index contributed by atoms with van der Waals surface area (Å²) in [6.07, 6.45) is 7.08. The Kier molecular flexibility index (Phi) is 5.14. The average Bonchev–Trinajstić information content (AvgIpc) is 3.13. The van der Waals surface area contributed by atoms with Crippen LogP contribution >= 0.6 is 0 Å². The largest absolute Gasteiger partial charge is 0.339 e. The Morgan fingerprint density at radius 3 is 2.59 bits per heavy atom. The number of piperazine rings is 1. The zero-order valence-electron chi connectivity index (χ0n) is 17.4. The van der Waals surface area contributed by atoms with E-state index in [9.17, 15) is 4.79 Å². The first-order chi connectivity index (χ1) is 14.2. The van der Waals surface area contributed by atoms with Crippen LogP contribution in [0.2, 0.25) is 0 Å². The zero-order valence-corrected chi connectivity index (χ0v) is 17.4. The molecule has 1 aromatic heterocycles. The van der Waals surface area contributed by atoms with Gasteiger partial charge in [0, 0.05) is 51.5 Å². The number of hydrogen-bond acceptors (Lipinski definition) is 4. The van der Waals surface area contributed by atoms with Gasteiger partial charge in [-0.05, 0) is 55.5 Å². The maximum Gasteiger partial charge on any atom is 0.236 e. The lowest BCUT2D eigenvalue weighted by Crippen LogP contribution is -2.55. The molecule has 2 aliphatic heterocycles. The number of benzene rings is 1. The number of aromatic nitrogens is 2. The Labute approximate surface area is 173 Å². The van der Waals surface area contributed by atoms with E-state index in [-0.39, 0.29) is 0 Å². The molecule has 1 saturated heterocycles. The molecule has 0 unspecified atom stereocenters. The Morgan fingerprint density at radius 2 is 1.90 bits per heavy atom. The molecular formula is C23H31N5O. The number of aryl methyl sites for hydroxylation is 1. The molecule has 0 atom stereocenters. The SMILES string of the molecule is Cc1ccn(-c2ccc3c(c2)CCN(CC(=O)N2CCN(C4CCC4)CC2)C3)n1. The van der Waals surface area contributed by atoms with Gasteiger partial charge in [-0.15, -0.1) is 0 Å². The van der Waals surface area contributed by atoms with Crippen molar-refractivity contribution < 1.29 is 4.79 Å². The van der Waals surface area contributed by atoms with E-state index >= 15 is 0 Å². The maximum absolute atomic E-state index is 12.8. The normalized spacial score (nSPS) is 21.1. The summed E-state index contributed by atoms with van der Waals surface area (Å²) < 4.78 is 1.94. The first-order valence-corrected chi connectivity index (χ1v) is 11.0. The standard InChI is InChI=1S/C23H31N5O/c1-18-7-10-28(24-18)22-6-5-20-16-25(9-8-19(20)15-22)17-23(29)27-13-11-26(12-14-27)21-3-2-4-21/h5-7,10,15,21H,2-4,8-9,11-14,16-17H2,1H3. The van der Waals surface area contributed by atoms with Gasteiger partial charge in [0.2, 0.25) is 5.91 Å². The van der Waals surface area contributed by atoms with Gasteiger partial charge in [-0.3, -0.25) is 14.6 Å². The molecule has 2 aromatic rings. The average molecular weight is 394 g/mol. The molecule has 1 amide bonds. The van der Waals surface area contributed by atoms with E-state index in [1.807, 2.05) is 23.9 Å². The lowest BCUT2D eigenvalue weighted by atomic mass is 9.91. The fourth-order valence-electron chi connectivity index (χ4n) is 4.81. The molecular weight excluding hydrogens is 362 g/mol. The minimum absolute atomic E-state index is 0.297. The number of hydrogen-bond donors (Lipinski definition) is 0. The van der Waals surface area contributed by atoms with Crippen LogP contribution in [0.15, 0.2) is 30.5 Å². The molecule has 6 nitrogen and oxygen atoms in total. The van der Waals surface area contributed by atoms with Crippen LogP contribution in [0.1, 0.15) is 36.1 Å². The topological polar surface area (TPSA) is 44.6 Å². The van der Waals surface area contributed by atoms with E-state index in [2.05, 4.69) is 38.0 Å². The molecule has 154 valence electrons. The Balaban J connectivity index is 1.16.